The minimum atomic E-state index is 0.914. The van der Waals surface area contributed by atoms with Crippen molar-refractivity contribution >= 4 is 17.1 Å². The van der Waals surface area contributed by atoms with Gasteiger partial charge in [-0.1, -0.05) is 12.2 Å². The number of nitrogens with zero attached hydrogens (tertiary/aromatic N) is 4. The first-order valence-corrected chi connectivity index (χ1v) is 5.95. The Morgan fingerprint density at radius 1 is 1.41 bits per heavy atom. The van der Waals surface area contributed by atoms with Crippen molar-refractivity contribution in [3.8, 4) is 0 Å². The summed E-state index contributed by atoms with van der Waals surface area (Å²) in [7, 11) is 2.02. The van der Waals surface area contributed by atoms with E-state index in [1.165, 1.54) is 5.57 Å². The van der Waals surface area contributed by atoms with Crippen molar-refractivity contribution in [2.24, 2.45) is 7.05 Å². The Bertz CT molecular complexity index is 570. The molecule has 17 heavy (non-hydrogen) atoms. The van der Waals surface area contributed by atoms with E-state index >= 15 is 0 Å². The second-order valence-corrected chi connectivity index (χ2v) is 4.59. The summed E-state index contributed by atoms with van der Waals surface area (Å²) in [6, 6.07) is 3.93. The van der Waals surface area contributed by atoms with Gasteiger partial charge in [-0.2, -0.15) is 0 Å². The zero-order chi connectivity index (χ0) is 11.8. The highest BCUT2D eigenvalue weighted by Crippen LogP contribution is 2.23. The quantitative estimate of drug-likeness (QED) is 0.701. The lowest BCUT2D eigenvalue weighted by Gasteiger charge is -2.28. The molecule has 0 radical (unpaired) electrons. The first kappa shape index (κ1) is 10.3. The molecule has 0 spiro atoms. The molecule has 0 amide bonds. The van der Waals surface area contributed by atoms with E-state index in [4.69, 9.17) is 0 Å². The monoisotopic (exact) mass is 228 g/mol. The summed E-state index contributed by atoms with van der Waals surface area (Å²) in [6.45, 7) is 6.04. The number of rotatable bonds is 1. The van der Waals surface area contributed by atoms with Crippen molar-refractivity contribution in [1.82, 2.24) is 14.5 Å². The first-order valence-electron chi connectivity index (χ1n) is 5.95. The molecular formula is C13H16N4. The lowest BCUT2D eigenvalue weighted by molar-refractivity contribution is 0.654. The lowest BCUT2D eigenvalue weighted by Crippen LogP contribution is -2.32. The SMILES string of the molecule is C=C1CCCN(c2nc3cccnc3n2C)C1. The Hall–Kier alpha value is -1.84. The maximum absolute atomic E-state index is 4.66. The molecule has 1 aliphatic heterocycles. The number of piperidine rings is 1. The fraction of sp³-hybridized carbons (Fsp3) is 0.385. The van der Waals surface area contributed by atoms with Gasteiger partial charge < -0.3 is 4.90 Å². The lowest BCUT2D eigenvalue weighted by atomic mass is 10.1. The third-order valence-corrected chi connectivity index (χ3v) is 3.26. The number of fused-ring (bicyclic) bond motifs is 1. The van der Waals surface area contributed by atoms with Gasteiger partial charge in [0.2, 0.25) is 5.95 Å². The van der Waals surface area contributed by atoms with E-state index in [0.717, 1.165) is 43.0 Å². The molecule has 0 atom stereocenters. The number of imidazole rings is 1. The number of aromatic nitrogens is 3. The van der Waals surface area contributed by atoms with E-state index in [1.54, 1.807) is 0 Å². The average Bonchev–Trinajstić information content (AvgIpc) is 2.68. The topological polar surface area (TPSA) is 34.0 Å². The highest BCUT2D eigenvalue weighted by atomic mass is 15.3. The van der Waals surface area contributed by atoms with Crippen molar-refractivity contribution in [2.75, 3.05) is 18.0 Å². The minimum absolute atomic E-state index is 0.914. The molecule has 0 bridgehead atoms. The number of hydrogen-bond donors (Lipinski definition) is 0. The van der Waals surface area contributed by atoms with Crippen LogP contribution in [0.3, 0.4) is 0 Å². The van der Waals surface area contributed by atoms with E-state index in [9.17, 15) is 0 Å². The van der Waals surface area contributed by atoms with Crippen LogP contribution >= 0.6 is 0 Å². The van der Waals surface area contributed by atoms with Crippen molar-refractivity contribution in [2.45, 2.75) is 12.8 Å². The van der Waals surface area contributed by atoms with Gasteiger partial charge >= 0.3 is 0 Å². The number of aryl methyl sites for hydroxylation is 1. The van der Waals surface area contributed by atoms with Crippen LogP contribution in [-0.4, -0.2) is 27.6 Å². The largest absolute Gasteiger partial charge is 0.338 e. The van der Waals surface area contributed by atoms with Gasteiger partial charge in [-0.15, -0.1) is 0 Å². The summed E-state index contributed by atoms with van der Waals surface area (Å²) >= 11 is 0. The minimum Gasteiger partial charge on any atom is -0.338 e. The van der Waals surface area contributed by atoms with E-state index in [2.05, 4.69) is 26.0 Å². The van der Waals surface area contributed by atoms with Crippen LogP contribution < -0.4 is 4.90 Å². The van der Waals surface area contributed by atoms with Gasteiger partial charge in [0.25, 0.3) is 0 Å². The third-order valence-electron chi connectivity index (χ3n) is 3.26. The van der Waals surface area contributed by atoms with Crippen LogP contribution in [0.15, 0.2) is 30.5 Å². The van der Waals surface area contributed by atoms with Gasteiger partial charge in [0.15, 0.2) is 5.65 Å². The van der Waals surface area contributed by atoms with Gasteiger partial charge in [0.05, 0.1) is 0 Å². The molecule has 2 aromatic rings. The fourth-order valence-corrected chi connectivity index (χ4v) is 2.41. The van der Waals surface area contributed by atoms with Crippen LogP contribution in [-0.2, 0) is 7.05 Å². The Morgan fingerprint density at radius 3 is 3.06 bits per heavy atom. The van der Waals surface area contributed by atoms with E-state index in [-0.39, 0.29) is 0 Å². The molecule has 4 heteroatoms. The summed E-state index contributed by atoms with van der Waals surface area (Å²) in [5.74, 6) is 1.000. The maximum atomic E-state index is 4.66. The van der Waals surface area contributed by atoms with Crippen LogP contribution in [0, 0.1) is 0 Å². The molecule has 88 valence electrons. The first-order chi connectivity index (χ1) is 8.25. The maximum Gasteiger partial charge on any atom is 0.207 e. The molecule has 0 aliphatic carbocycles. The molecule has 3 rings (SSSR count). The van der Waals surface area contributed by atoms with Crippen LogP contribution in [0.5, 0.6) is 0 Å². The molecule has 1 fully saturated rings. The Labute approximate surface area is 101 Å². The van der Waals surface area contributed by atoms with Gasteiger partial charge in [-0.05, 0) is 25.0 Å². The summed E-state index contributed by atoms with van der Waals surface area (Å²) < 4.78 is 2.06. The number of anilines is 1. The molecule has 1 aliphatic rings. The second-order valence-electron chi connectivity index (χ2n) is 4.59. The van der Waals surface area contributed by atoms with Crippen molar-refractivity contribution in [3.63, 3.8) is 0 Å². The summed E-state index contributed by atoms with van der Waals surface area (Å²) in [6.07, 6.45) is 4.11. The highest BCUT2D eigenvalue weighted by molar-refractivity contribution is 5.74. The molecule has 0 N–H and O–H groups in total. The summed E-state index contributed by atoms with van der Waals surface area (Å²) in [4.78, 5) is 11.3. The normalized spacial score (nSPS) is 16.8. The van der Waals surface area contributed by atoms with Crippen molar-refractivity contribution in [3.05, 3.63) is 30.5 Å². The number of hydrogen-bond acceptors (Lipinski definition) is 3. The van der Waals surface area contributed by atoms with Crippen molar-refractivity contribution < 1.29 is 0 Å². The Morgan fingerprint density at radius 2 is 2.29 bits per heavy atom. The van der Waals surface area contributed by atoms with E-state index in [0.29, 0.717) is 0 Å². The van der Waals surface area contributed by atoms with E-state index in [1.807, 2.05) is 25.4 Å². The standard InChI is InChI=1S/C13H16N4/c1-10-5-4-8-17(9-10)13-15-11-6-3-7-14-12(11)16(13)2/h3,6-7H,1,4-5,8-9H2,2H3. The smallest absolute Gasteiger partial charge is 0.207 e. The molecule has 3 heterocycles. The summed E-state index contributed by atoms with van der Waals surface area (Å²) in [5, 5.41) is 0. The Balaban J connectivity index is 2.05. The molecule has 0 saturated carbocycles. The molecule has 1 saturated heterocycles. The zero-order valence-electron chi connectivity index (χ0n) is 10.1. The van der Waals surface area contributed by atoms with Crippen LogP contribution in [0.25, 0.3) is 11.2 Å². The molecular weight excluding hydrogens is 212 g/mol. The fourth-order valence-electron chi connectivity index (χ4n) is 2.41. The van der Waals surface area contributed by atoms with Crippen LogP contribution in [0.2, 0.25) is 0 Å². The summed E-state index contributed by atoms with van der Waals surface area (Å²) in [5.41, 5.74) is 3.19. The molecule has 0 unspecified atom stereocenters. The van der Waals surface area contributed by atoms with Gasteiger partial charge in [0, 0.05) is 26.3 Å². The van der Waals surface area contributed by atoms with Gasteiger partial charge in [-0.25, -0.2) is 9.97 Å². The van der Waals surface area contributed by atoms with Crippen LogP contribution in [0.4, 0.5) is 5.95 Å². The van der Waals surface area contributed by atoms with Gasteiger partial charge in [-0.3, -0.25) is 4.57 Å². The average molecular weight is 228 g/mol. The predicted molar refractivity (Wildman–Crippen MR) is 69.1 cm³/mol. The van der Waals surface area contributed by atoms with Crippen LogP contribution in [0.1, 0.15) is 12.8 Å². The third kappa shape index (κ3) is 1.69. The molecule has 0 aromatic carbocycles. The second kappa shape index (κ2) is 3.87. The number of pyridine rings is 1. The van der Waals surface area contributed by atoms with Gasteiger partial charge in [0.1, 0.15) is 5.52 Å². The van der Waals surface area contributed by atoms with Crippen molar-refractivity contribution in [1.29, 1.82) is 0 Å². The predicted octanol–water partition coefficient (Wildman–Crippen LogP) is 2.12. The highest BCUT2D eigenvalue weighted by Gasteiger charge is 2.19. The zero-order valence-corrected chi connectivity index (χ0v) is 10.1. The Kier molecular flexibility index (Phi) is 2.35. The molecule has 4 nitrogen and oxygen atoms in total. The van der Waals surface area contributed by atoms with E-state index < -0.39 is 0 Å². The molecule has 2 aromatic heterocycles.